The third-order valence-corrected chi connectivity index (χ3v) is 5.93. The molecule has 1 aliphatic rings. The van der Waals surface area contributed by atoms with Gasteiger partial charge in [0.25, 0.3) is 11.8 Å². The number of anilines is 2. The lowest BCUT2D eigenvalue weighted by atomic mass is 10.1. The van der Waals surface area contributed by atoms with E-state index in [2.05, 4.69) is 4.98 Å². The molecule has 0 spiro atoms. The number of nitrogens with zero attached hydrogens (tertiary/aromatic N) is 3. The largest absolute Gasteiger partial charge is 0.458 e. The molecule has 3 amide bonds. The highest BCUT2D eigenvalue weighted by atomic mass is 32.1. The van der Waals surface area contributed by atoms with E-state index in [4.69, 9.17) is 4.74 Å². The Labute approximate surface area is 192 Å². The van der Waals surface area contributed by atoms with Gasteiger partial charge in [0.1, 0.15) is 18.5 Å². The van der Waals surface area contributed by atoms with Gasteiger partial charge in [-0.25, -0.2) is 14.2 Å². The molecular weight excluding hydrogens is 449 g/mol. The molecule has 2 aromatic carbocycles. The van der Waals surface area contributed by atoms with Crippen molar-refractivity contribution in [3.63, 3.8) is 0 Å². The molecule has 0 N–H and O–H groups in total. The van der Waals surface area contributed by atoms with E-state index in [1.807, 2.05) is 0 Å². The fraction of sp³-hybridized carbons (Fsp3) is 0.174. The average molecular weight is 467 g/mol. The number of ether oxygens (including phenoxy) is 1. The van der Waals surface area contributed by atoms with Crippen LogP contribution in [0.5, 0.6) is 0 Å². The molecule has 0 fully saturated rings. The van der Waals surface area contributed by atoms with Crippen LogP contribution in [0.4, 0.5) is 15.2 Å². The van der Waals surface area contributed by atoms with Crippen LogP contribution in [-0.2, 0) is 20.9 Å². The van der Waals surface area contributed by atoms with Crippen molar-refractivity contribution in [1.82, 2.24) is 9.88 Å². The number of hydrogen-bond acceptors (Lipinski definition) is 7. The number of imide groups is 1. The van der Waals surface area contributed by atoms with Gasteiger partial charge in [0, 0.05) is 12.3 Å². The number of fused-ring (bicyclic) bond motifs is 1. The summed E-state index contributed by atoms with van der Waals surface area (Å²) in [5, 5.41) is 1.79. The molecule has 0 saturated heterocycles. The van der Waals surface area contributed by atoms with Gasteiger partial charge in [-0.3, -0.25) is 24.2 Å². The third-order valence-electron chi connectivity index (χ3n) is 5.06. The number of amides is 3. The van der Waals surface area contributed by atoms with Crippen LogP contribution in [0.1, 0.15) is 40.3 Å². The summed E-state index contributed by atoms with van der Waals surface area (Å²) in [5.41, 5.74) is 0.871. The van der Waals surface area contributed by atoms with Gasteiger partial charge in [-0.15, -0.1) is 11.3 Å². The number of aromatic nitrogens is 1. The predicted octanol–water partition coefficient (Wildman–Crippen LogP) is 3.69. The first-order valence-corrected chi connectivity index (χ1v) is 10.8. The second kappa shape index (κ2) is 8.91. The molecule has 33 heavy (non-hydrogen) atoms. The third kappa shape index (κ3) is 4.12. The number of rotatable bonds is 6. The molecular formula is C23H18FN3O5S. The van der Waals surface area contributed by atoms with Gasteiger partial charge < -0.3 is 4.74 Å². The lowest BCUT2D eigenvalue weighted by molar-refractivity contribution is -0.149. The van der Waals surface area contributed by atoms with Crippen molar-refractivity contribution in [2.24, 2.45) is 0 Å². The van der Waals surface area contributed by atoms with E-state index >= 15 is 0 Å². The number of thiazole rings is 1. The van der Waals surface area contributed by atoms with E-state index in [-0.39, 0.29) is 28.6 Å². The number of benzene rings is 2. The Morgan fingerprint density at radius 3 is 2.30 bits per heavy atom. The summed E-state index contributed by atoms with van der Waals surface area (Å²) in [7, 11) is 0. The van der Waals surface area contributed by atoms with Gasteiger partial charge in [-0.1, -0.05) is 24.3 Å². The van der Waals surface area contributed by atoms with Crippen molar-refractivity contribution in [3.05, 3.63) is 76.5 Å². The number of esters is 1. The fourth-order valence-electron chi connectivity index (χ4n) is 3.44. The van der Waals surface area contributed by atoms with Crippen molar-refractivity contribution in [2.45, 2.75) is 26.5 Å². The van der Waals surface area contributed by atoms with E-state index in [1.54, 1.807) is 23.6 Å². The minimum atomic E-state index is -1.14. The second-order valence-corrected chi connectivity index (χ2v) is 8.07. The fourth-order valence-corrected chi connectivity index (χ4v) is 4.30. The van der Waals surface area contributed by atoms with Crippen LogP contribution < -0.4 is 4.90 Å². The van der Waals surface area contributed by atoms with Crippen LogP contribution in [0.3, 0.4) is 0 Å². The summed E-state index contributed by atoms with van der Waals surface area (Å²) in [5.74, 6) is -2.91. The minimum absolute atomic E-state index is 0.0575. The Hall–Kier alpha value is -3.92. The maximum Gasteiger partial charge on any atom is 0.329 e. The average Bonchev–Trinajstić information content (AvgIpc) is 3.36. The zero-order valence-electron chi connectivity index (χ0n) is 17.6. The van der Waals surface area contributed by atoms with Crippen LogP contribution in [0.15, 0.2) is 53.9 Å². The molecule has 4 rings (SSSR count). The van der Waals surface area contributed by atoms with E-state index in [0.717, 1.165) is 21.1 Å². The van der Waals surface area contributed by atoms with Crippen molar-refractivity contribution in [2.75, 3.05) is 4.90 Å². The lowest BCUT2D eigenvalue weighted by Crippen LogP contribution is -2.43. The second-order valence-electron chi connectivity index (χ2n) is 7.24. The van der Waals surface area contributed by atoms with Crippen molar-refractivity contribution in [3.8, 4) is 0 Å². The van der Waals surface area contributed by atoms with Gasteiger partial charge in [0.05, 0.1) is 22.5 Å². The Kier molecular flexibility index (Phi) is 6.01. The molecule has 0 bridgehead atoms. The Morgan fingerprint density at radius 1 is 1.09 bits per heavy atom. The molecule has 0 radical (unpaired) electrons. The first-order valence-electron chi connectivity index (χ1n) is 9.92. The summed E-state index contributed by atoms with van der Waals surface area (Å²) in [6.45, 7) is 2.45. The number of para-hydroxylation sites is 1. The van der Waals surface area contributed by atoms with Crippen molar-refractivity contribution >= 4 is 45.8 Å². The number of halogens is 1. The summed E-state index contributed by atoms with van der Waals surface area (Å²) in [4.78, 5) is 56.1. The van der Waals surface area contributed by atoms with Gasteiger partial charge in [-0.2, -0.15) is 0 Å². The number of carbonyl (C=O) groups excluding carboxylic acids is 4. The van der Waals surface area contributed by atoms with Crippen molar-refractivity contribution in [1.29, 1.82) is 0 Å². The Morgan fingerprint density at radius 2 is 1.70 bits per heavy atom. The smallest absolute Gasteiger partial charge is 0.329 e. The molecule has 3 aromatic rings. The molecule has 0 saturated carbocycles. The van der Waals surface area contributed by atoms with Crippen LogP contribution in [0, 0.1) is 5.82 Å². The molecule has 10 heteroatoms. The van der Waals surface area contributed by atoms with Gasteiger partial charge in [0.2, 0.25) is 5.91 Å². The molecule has 2 heterocycles. The Bertz CT molecular complexity index is 1240. The first kappa shape index (κ1) is 22.3. The maximum absolute atomic E-state index is 14.2. The van der Waals surface area contributed by atoms with Crippen LogP contribution >= 0.6 is 11.3 Å². The first-order chi connectivity index (χ1) is 15.8. The molecule has 168 valence electrons. The van der Waals surface area contributed by atoms with E-state index in [0.29, 0.717) is 5.69 Å². The lowest BCUT2D eigenvalue weighted by Gasteiger charge is -2.20. The maximum atomic E-state index is 14.2. The summed E-state index contributed by atoms with van der Waals surface area (Å²) in [6, 6.07) is 11.0. The van der Waals surface area contributed by atoms with Crippen LogP contribution in [0.2, 0.25) is 0 Å². The van der Waals surface area contributed by atoms with Gasteiger partial charge in [-0.05, 0) is 31.2 Å². The van der Waals surface area contributed by atoms with Gasteiger partial charge >= 0.3 is 5.97 Å². The quantitative estimate of drug-likeness (QED) is 0.405. The van der Waals surface area contributed by atoms with E-state index < -0.39 is 35.5 Å². The van der Waals surface area contributed by atoms with Crippen LogP contribution in [0.25, 0.3) is 0 Å². The standard InChI is InChI=1S/C23H18FN3O5S/c1-13(26-20(29)16-7-3-4-8-17(16)21(26)30)22(31)32-11-15-12-33-23(25-15)27(14(2)28)19-10-6-5-9-18(19)24/h3-10,12-13H,11H2,1-2H3. The van der Waals surface area contributed by atoms with Crippen LogP contribution in [-0.4, -0.2) is 39.6 Å². The molecule has 8 nitrogen and oxygen atoms in total. The Balaban J connectivity index is 1.45. The summed E-state index contributed by atoms with van der Waals surface area (Å²) >= 11 is 1.08. The zero-order valence-corrected chi connectivity index (χ0v) is 18.5. The van der Waals surface area contributed by atoms with Gasteiger partial charge in [0.15, 0.2) is 5.13 Å². The molecule has 0 aliphatic carbocycles. The SMILES string of the molecule is CC(=O)N(c1nc(COC(=O)C(C)N2C(=O)c3ccccc3C2=O)cs1)c1ccccc1F. The minimum Gasteiger partial charge on any atom is -0.458 e. The summed E-state index contributed by atoms with van der Waals surface area (Å²) in [6.07, 6.45) is 0. The van der Waals surface area contributed by atoms with Crippen molar-refractivity contribution < 1.29 is 28.3 Å². The number of hydrogen-bond donors (Lipinski definition) is 0. The topological polar surface area (TPSA) is 96.9 Å². The zero-order chi connectivity index (χ0) is 23.7. The molecule has 1 aliphatic heterocycles. The molecule has 1 aromatic heterocycles. The normalized spacial score (nSPS) is 13.6. The number of carbonyl (C=O) groups is 4. The predicted molar refractivity (Wildman–Crippen MR) is 118 cm³/mol. The molecule has 1 unspecified atom stereocenters. The highest BCUT2D eigenvalue weighted by molar-refractivity contribution is 7.14. The highest BCUT2D eigenvalue weighted by Gasteiger charge is 2.41. The summed E-state index contributed by atoms with van der Waals surface area (Å²) < 4.78 is 19.5. The van der Waals surface area contributed by atoms with E-state index in [9.17, 15) is 23.6 Å². The molecule has 1 atom stereocenters. The van der Waals surface area contributed by atoms with E-state index in [1.165, 1.54) is 44.2 Å². The highest BCUT2D eigenvalue weighted by Crippen LogP contribution is 2.31. The monoisotopic (exact) mass is 467 g/mol.